The number of rotatable bonds is 8. The van der Waals surface area contributed by atoms with E-state index in [1.54, 1.807) is 18.4 Å². The van der Waals surface area contributed by atoms with Crippen molar-refractivity contribution in [1.29, 1.82) is 0 Å². The average Bonchev–Trinajstić information content (AvgIpc) is 3.30. The standard InChI is InChI=1S/C24H25N3O4/c28-23(26-16-21-10-5-13-30-21)15-22-24(29)25-11-12-27(22)17-18-6-4-9-20(14-18)31-19-7-2-1-3-8-19/h1-10,13-14,22H,11-12,15-17H2,(H,25,29)(H,26,28)/t22-/m0/s1. The van der Waals surface area contributed by atoms with Crippen molar-refractivity contribution in [2.75, 3.05) is 13.1 Å². The molecule has 7 heteroatoms. The molecule has 1 fully saturated rings. The van der Waals surface area contributed by atoms with Gasteiger partial charge in [0.2, 0.25) is 11.8 Å². The zero-order chi connectivity index (χ0) is 21.5. The fraction of sp³-hybridized carbons (Fsp3) is 0.250. The van der Waals surface area contributed by atoms with Gasteiger partial charge in [-0.05, 0) is 42.0 Å². The molecule has 1 aliphatic heterocycles. The first kappa shape index (κ1) is 20.7. The number of hydrogen-bond donors (Lipinski definition) is 2. The summed E-state index contributed by atoms with van der Waals surface area (Å²) in [7, 11) is 0. The predicted octanol–water partition coefficient (Wildman–Crippen LogP) is 3.08. The van der Waals surface area contributed by atoms with Crippen LogP contribution < -0.4 is 15.4 Å². The van der Waals surface area contributed by atoms with E-state index in [4.69, 9.17) is 9.15 Å². The van der Waals surface area contributed by atoms with Crippen molar-refractivity contribution < 1.29 is 18.7 Å². The van der Waals surface area contributed by atoms with Gasteiger partial charge < -0.3 is 19.8 Å². The zero-order valence-corrected chi connectivity index (χ0v) is 17.1. The summed E-state index contributed by atoms with van der Waals surface area (Å²) in [6.45, 7) is 2.09. The molecule has 0 saturated carbocycles. The molecular formula is C24H25N3O4. The molecule has 4 rings (SSSR count). The zero-order valence-electron chi connectivity index (χ0n) is 17.1. The van der Waals surface area contributed by atoms with Crippen molar-refractivity contribution in [1.82, 2.24) is 15.5 Å². The van der Waals surface area contributed by atoms with Crippen LogP contribution in [0.2, 0.25) is 0 Å². The van der Waals surface area contributed by atoms with Crippen LogP contribution in [0.3, 0.4) is 0 Å². The van der Waals surface area contributed by atoms with Gasteiger partial charge in [-0.2, -0.15) is 0 Å². The lowest BCUT2D eigenvalue weighted by Gasteiger charge is -2.34. The van der Waals surface area contributed by atoms with Gasteiger partial charge >= 0.3 is 0 Å². The summed E-state index contributed by atoms with van der Waals surface area (Å²) < 4.78 is 11.1. The maximum Gasteiger partial charge on any atom is 0.237 e. The Bertz CT molecular complexity index is 1000. The Hall–Kier alpha value is -3.58. The number of amides is 2. The van der Waals surface area contributed by atoms with E-state index in [0.29, 0.717) is 31.9 Å². The van der Waals surface area contributed by atoms with Gasteiger partial charge in [0.05, 0.1) is 25.3 Å². The number of para-hydroxylation sites is 1. The van der Waals surface area contributed by atoms with Gasteiger partial charge in [-0.1, -0.05) is 30.3 Å². The molecule has 7 nitrogen and oxygen atoms in total. The van der Waals surface area contributed by atoms with Crippen LogP contribution in [-0.2, 0) is 22.7 Å². The number of piperazine rings is 1. The van der Waals surface area contributed by atoms with Crippen molar-refractivity contribution >= 4 is 11.8 Å². The Balaban J connectivity index is 1.39. The molecule has 0 bridgehead atoms. The first-order valence-electron chi connectivity index (χ1n) is 10.3. The van der Waals surface area contributed by atoms with Gasteiger partial charge in [0.25, 0.3) is 0 Å². The highest BCUT2D eigenvalue weighted by atomic mass is 16.5. The molecule has 3 aromatic rings. The Labute approximate surface area is 181 Å². The van der Waals surface area contributed by atoms with Crippen LogP contribution in [0.4, 0.5) is 0 Å². The second-order valence-corrected chi connectivity index (χ2v) is 7.40. The van der Waals surface area contributed by atoms with Gasteiger partial charge in [-0.25, -0.2) is 0 Å². The maximum absolute atomic E-state index is 12.5. The molecule has 0 radical (unpaired) electrons. The lowest BCUT2D eigenvalue weighted by molar-refractivity contribution is -0.134. The van der Waals surface area contributed by atoms with Gasteiger partial charge in [0, 0.05) is 19.6 Å². The molecule has 0 unspecified atom stereocenters. The minimum absolute atomic E-state index is 0.0900. The quantitative estimate of drug-likeness (QED) is 0.586. The molecule has 2 N–H and O–H groups in total. The molecule has 1 saturated heterocycles. The van der Waals surface area contributed by atoms with Crippen LogP contribution in [0.15, 0.2) is 77.4 Å². The van der Waals surface area contributed by atoms with Crippen LogP contribution in [0.1, 0.15) is 17.7 Å². The number of nitrogens with zero attached hydrogens (tertiary/aromatic N) is 1. The summed E-state index contributed by atoms with van der Waals surface area (Å²) in [4.78, 5) is 27.0. The number of ether oxygens (including phenoxy) is 1. The molecule has 1 aromatic heterocycles. The predicted molar refractivity (Wildman–Crippen MR) is 115 cm³/mol. The molecule has 2 aromatic carbocycles. The molecule has 2 amide bonds. The third-order valence-corrected chi connectivity index (χ3v) is 5.12. The van der Waals surface area contributed by atoms with Crippen molar-refractivity contribution in [3.05, 3.63) is 84.3 Å². The van der Waals surface area contributed by atoms with E-state index in [9.17, 15) is 9.59 Å². The first-order chi connectivity index (χ1) is 15.2. The minimum atomic E-state index is -0.524. The van der Waals surface area contributed by atoms with E-state index < -0.39 is 6.04 Å². The minimum Gasteiger partial charge on any atom is -0.467 e. The van der Waals surface area contributed by atoms with Crippen LogP contribution in [0.25, 0.3) is 0 Å². The molecule has 1 atom stereocenters. The second-order valence-electron chi connectivity index (χ2n) is 7.40. The Morgan fingerprint density at radius 1 is 1.10 bits per heavy atom. The highest BCUT2D eigenvalue weighted by Gasteiger charge is 2.31. The second kappa shape index (κ2) is 9.95. The van der Waals surface area contributed by atoms with Gasteiger partial charge in [-0.3, -0.25) is 14.5 Å². The molecule has 0 spiro atoms. The number of furan rings is 1. The number of carbonyl (C=O) groups is 2. The lowest BCUT2D eigenvalue weighted by Crippen LogP contribution is -2.56. The van der Waals surface area contributed by atoms with Crippen LogP contribution in [-0.4, -0.2) is 35.8 Å². The van der Waals surface area contributed by atoms with E-state index in [2.05, 4.69) is 10.6 Å². The highest BCUT2D eigenvalue weighted by Crippen LogP contribution is 2.23. The van der Waals surface area contributed by atoms with E-state index in [-0.39, 0.29) is 18.2 Å². The fourth-order valence-corrected chi connectivity index (χ4v) is 3.59. The summed E-state index contributed by atoms with van der Waals surface area (Å²) in [6, 6.07) is 20.4. The smallest absolute Gasteiger partial charge is 0.237 e. The molecule has 0 aliphatic carbocycles. The Morgan fingerprint density at radius 3 is 2.74 bits per heavy atom. The normalized spacial score (nSPS) is 16.5. The van der Waals surface area contributed by atoms with Crippen molar-refractivity contribution in [2.45, 2.75) is 25.6 Å². The summed E-state index contributed by atoms with van der Waals surface area (Å²) in [5.74, 6) is 1.86. The Kier molecular flexibility index (Phi) is 6.64. The van der Waals surface area contributed by atoms with E-state index in [0.717, 1.165) is 17.1 Å². The fourth-order valence-electron chi connectivity index (χ4n) is 3.59. The molecule has 1 aliphatic rings. The SMILES string of the molecule is O=C(C[C@H]1C(=O)NCCN1Cc1cccc(Oc2ccccc2)c1)NCc1ccco1. The van der Waals surface area contributed by atoms with Crippen LogP contribution in [0.5, 0.6) is 11.5 Å². The number of hydrogen-bond acceptors (Lipinski definition) is 5. The Morgan fingerprint density at radius 2 is 1.94 bits per heavy atom. The topological polar surface area (TPSA) is 83.8 Å². The molecular weight excluding hydrogens is 394 g/mol. The van der Waals surface area contributed by atoms with Crippen molar-refractivity contribution in [3.63, 3.8) is 0 Å². The molecule has 160 valence electrons. The summed E-state index contributed by atoms with van der Waals surface area (Å²) in [5, 5.41) is 5.68. The van der Waals surface area contributed by atoms with Gasteiger partial charge in [0.15, 0.2) is 0 Å². The summed E-state index contributed by atoms with van der Waals surface area (Å²) >= 11 is 0. The molecule has 31 heavy (non-hydrogen) atoms. The number of benzene rings is 2. The number of carbonyl (C=O) groups excluding carboxylic acids is 2. The third-order valence-electron chi connectivity index (χ3n) is 5.12. The highest BCUT2D eigenvalue weighted by molar-refractivity contribution is 5.88. The van der Waals surface area contributed by atoms with Crippen LogP contribution in [0, 0.1) is 0 Å². The van der Waals surface area contributed by atoms with E-state index in [1.165, 1.54) is 0 Å². The summed E-state index contributed by atoms with van der Waals surface area (Å²) in [5.41, 5.74) is 1.02. The van der Waals surface area contributed by atoms with Gasteiger partial charge in [-0.15, -0.1) is 0 Å². The molecule has 2 heterocycles. The lowest BCUT2D eigenvalue weighted by atomic mass is 10.1. The first-order valence-corrected chi connectivity index (χ1v) is 10.3. The van der Waals surface area contributed by atoms with Crippen molar-refractivity contribution in [2.24, 2.45) is 0 Å². The third kappa shape index (κ3) is 5.73. The van der Waals surface area contributed by atoms with Crippen LogP contribution >= 0.6 is 0 Å². The van der Waals surface area contributed by atoms with Gasteiger partial charge in [0.1, 0.15) is 17.3 Å². The number of nitrogens with one attached hydrogen (secondary N) is 2. The van der Waals surface area contributed by atoms with E-state index >= 15 is 0 Å². The summed E-state index contributed by atoms with van der Waals surface area (Å²) in [6.07, 6.45) is 1.65. The monoisotopic (exact) mass is 419 g/mol. The average molecular weight is 419 g/mol. The maximum atomic E-state index is 12.5. The largest absolute Gasteiger partial charge is 0.467 e. The van der Waals surface area contributed by atoms with E-state index in [1.807, 2.05) is 59.5 Å². The van der Waals surface area contributed by atoms with Crippen molar-refractivity contribution in [3.8, 4) is 11.5 Å².